The first-order valence-corrected chi connectivity index (χ1v) is 8.76. The lowest BCUT2D eigenvalue weighted by Crippen LogP contribution is -2.19. The van der Waals surface area contributed by atoms with Crippen LogP contribution in [0.25, 0.3) is 11.0 Å². The molecule has 3 aromatic rings. The molecule has 3 rings (SSSR count). The Bertz CT molecular complexity index is 1040. The van der Waals surface area contributed by atoms with Crippen molar-refractivity contribution < 1.29 is 18.3 Å². The number of hydrogen-bond acceptors (Lipinski definition) is 4. The topological polar surface area (TPSA) is 68.5 Å². The number of ether oxygens (including phenoxy) is 1. The molecule has 8 heteroatoms. The fourth-order valence-electron chi connectivity index (χ4n) is 3.01. The van der Waals surface area contributed by atoms with Crippen molar-refractivity contribution in [1.29, 1.82) is 0 Å². The Balaban J connectivity index is 1.81. The highest BCUT2D eigenvalue weighted by molar-refractivity contribution is 6.03. The fraction of sp³-hybridized carbons (Fsp3) is 0.250. The van der Waals surface area contributed by atoms with E-state index in [0.717, 1.165) is 23.4 Å². The van der Waals surface area contributed by atoms with Crippen LogP contribution >= 0.6 is 0 Å². The molecule has 0 aliphatic rings. The summed E-state index contributed by atoms with van der Waals surface area (Å²) >= 11 is 0. The standard InChI is InChI=1S/C20H20F2N4O2/c1-4-26-13(3)23-16-11-14(9-10-17(16)26)19(27)25-24-12(2)15-7-5-6-8-18(15)28-20(21)22/h5-11,20H,4H2,1-3H3,(H,25,27)/b24-12+. The van der Waals surface area contributed by atoms with Crippen LogP contribution in [0.1, 0.15) is 35.6 Å². The van der Waals surface area contributed by atoms with Gasteiger partial charge in [0, 0.05) is 17.7 Å². The number of halogens is 2. The van der Waals surface area contributed by atoms with Crippen molar-refractivity contribution in [2.24, 2.45) is 5.10 Å². The molecule has 0 radical (unpaired) electrons. The molecule has 0 aliphatic heterocycles. The number of para-hydroxylation sites is 1. The molecule has 0 aliphatic carbocycles. The Morgan fingerprint density at radius 2 is 2.04 bits per heavy atom. The highest BCUT2D eigenvalue weighted by Crippen LogP contribution is 2.21. The summed E-state index contributed by atoms with van der Waals surface area (Å²) in [5, 5.41) is 4.02. The molecule has 0 saturated heterocycles. The zero-order chi connectivity index (χ0) is 20.3. The second-order valence-electron chi connectivity index (χ2n) is 6.12. The van der Waals surface area contributed by atoms with Crippen LogP contribution < -0.4 is 10.2 Å². The third-order valence-corrected chi connectivity index (χ3v) is 4.34. The predicted octanol–water partition coefficient (Wildman–Crippen LogP) is 4.12. The maximum atomic E-state index is 12.5. The monoisotopic (exact) mass is 386 g/mol. The number of carbonyl (C=O) groups is 1. The van der Waals surface area contributed by atoms with Gasteiger partial charge in [0.05, 0.1) is 16.7 Å². The van der Waals surface area contributed by atoms with Gasteiger partial charge in [0.1, 0.15) is 11.6 Å². The Labute approximate surface area is 160 Å². The van der Waals surface area contributed by atoms with E-state index in [1.54, 1.807) is 37.3 Å². The number of rotatable bonds is 6. The average Bonchev–Trinajstić information content (AvgIpc) is 2.99. The van der Waals surface area contributed by atoms with E-state index in [-0.39, 0.29) is 5.75 Å². The molecule has 6 nitrogen and oxygen atoms in total. The van der Waals surface area contributed by atoms with Crippen LogP contribution in [0.4, 0.5) is 8.78 Å². The van der Waals surface area contributed by atoms with Gasteiger partial charge in [-0.1, -0.05) is 12.1 Å². The van der Waals surface area contributed by atoms with Crippen LogP contribution in [0.15, 0.2) is 47.6 Å². The zero-order valence-electron chi connectivity index (χ0n) is 15.7. The Morgan fingerprint density at radius 1 is 1.29 bits per heavy atom. The van der Waals surface area contributed by atoms with Crippen molar-refractivity contribution >= 4 is 22.7 Å². The summed E-state index contributed by atoms with van der Waals surface area (Å²) < 4.78 is 31.6. The third kappa shape index (κ3) is 4.00. The second-order valence-corrected chi connectivity index (χ2v) is 6.12. The smallest absolute Gasteiger partial charge is 0.387 e. The summed E-state index contributed by atoms with van der Waals surface area (Å²) in [7, 11) is 0. The molecule has 0 bridgehead atoms. The lowest BCUT2D eigenvalue weighted by Gasteiger charge is -2.10. The van der Waals surface area contributed by atoms with Gasteiger partial charge in [-0.05, 0) is 51.1 Å². The molecule has 1 N–H and O–H groups in total. The molecule has 0 saturated carbocycles. The van der Waals surface area contributed by atoms with Crippen molar-refractivity contribution in [2.75, 3.05) is 0 Å². The van der Waals surface area contributed by atoms with E-state index in [9.17, 15) is 13.6 Å². The number of hydrogen-bond donors (Lipinski definition) is 1. The van der Waals surface area contributed by atoms with Gasteiger partial charge in [-0.2, -0.15) is 13.9 Å². The molecule has 1 aromatic heterocycles. The minimum absolute atomic E-state index is 0.00463. The minimum atomic E-state index is -2.94. The molecule has 0 atom stereocenters. The van der Waals surface area contributed by atoms with Crippen LogP contribution in [0.5, 0.6) is 5.75 Å². The Kier molecular flexibility index (Phi) is 5.67. The van der Waals surface area contributed by atoms with Crippen LogP contribution in [-0.2, 0) is 6.54 Å². The summed E-state index contributed by atoms with van der Waals surface area (Å²) in [5.41, 5.74) is 5.25. The molecule has 1 amide bonds. The SMILES string of the molecule is CCn1c(C)nc2cc(C(=O)N/N=C(\C)c3ccccc3OC(F)F)ccc21. The number of aromatic nitrogens is 2. The zero-order valence-corrected chi connectivity index (χ0v) is 15.7. The summed E-state index contributed by atoms with van der Waals surface area (Å²) in [5.74, 6) is 0.451. The Hall–Kier alpha value is -3.29. The van der Waals surface area contributed by atoms with E-state index in [4.69, 9.17) is 0 Å². The van der Waals surface area contributed by atoms with E-state index in [2.05, 4.69) is 24.8 Å². The number of benzene rings is 2. The summed E-state index contributed by atoms with van der Waals surface area (Å²) in [6.45, 7) is 3.39. The summed E-state index contributed by atoms with van der Waals surface area (Å²) in [4.78, 5) is 16.9. The average molecular weight is 386 g/mol. The number of nitrogens with zero attached hydrogens (tertiary/aromatic N) is 3. The number of carbonyl (C=O) groups excluding carboxylic acids is 1. The first kappa shape index (κ1) is 19.5. The molecule has 0 fully saturated rings. The third-order valence-electron chi connectivity index (χ3n) is 4.34. The summed E-state index contributed by atoms with van der Waals surface area (Å²) in [6, 6.07) is 11.5. The van der Waals surface area contributed by atoms with E-state index < -0.39 is 12.5 Å². The van der Waals surface area contributed by atoms with Gasteiger partial charge in [0.25, 0.3) is 5.91 Å². The second kappa shape index (κ2) is 8.16. The lowest BCUT2D eigenvalue weighted by molar-refractivity contribution is -0.0499. The molecule has 0 spiro atoms. The van der Waals surface area contributed by atoms with Crippen molar-refractivity contribution in [3.8, 4) is 5.75 Å². The van der Waals surface area contributed by atoms with Crippen molar-refractivity contribution in [3.05, 3.63) is 59.4 Å². The lowest BCUT2D eigenvalue weighted by atomic mass is 10.1. The molecule has 1 heterocycles. The fourth-order valence-corrected chi connectivity index (χ4v) is 3.01. The van der Waals surface area contributed by atoms with Crippen molar-refractivity contribution in [3.63, 3.8) is 0 Å². The number of alkyl halides is 2. The van der Waals surface area contributed by atoms with Gasteiger partial charge in [-0.15, -0.1) is 0 Å². The van der Waals surface area contributed by atoms with Crippen LogP contribution in [0, 0.1) is 6.92 Å². The maximum absolute atomic E-state index is 12.5. The van der Waals surface area contributed by atoms with Crippen LogP contribution in [-0.4, -0.2) is 27.8 Å². The van der Waals surface area contributed by atoms with E-state index in [1.165, 1.54) is 6.07 Å². The number of fused-ring (bicyclic) bond motifs is 1. The minimum Gasteiger partial charge on any atom is -0.434 e. The molecule has 146 valence electrons. The highest BCUT2D eigenvalue weighted by Gasteiger charge is 2.13. The van der Waals surface area contributed by atoms with E-state index in [0.29, 0.717) is 16.8 Å². The molecule has 0 unspecified atom stereocenters. The molecular weight excluding hydrogens is 366 g/mol. The van der Waals surface area contributed by atoms with Gasteiger partial charge in [-0.3, -0.25) is 4.79 Å². The van der Waals surface area contributed by atoms with Crippen molar-refractivity contribution in [2.45, 2.75) is 33.9 Å². The molecular formula is C20H20F2N4O2. The Morgan fingerprint density at radius 3 is 2.75 bits per heavy atom. The number of aryl methyl sites for hydroxylation is 2. The normalized spacial score (nSPS) is 11.9. The van der Waals surface area contributed by atoms with Gasteiger partial charge in [0.2, 0.25) is 0 Å². The number of amides is 1. The first-order chi connectivity index (χ1) is 13.4. The van der Waals surface area contributed by atoms with Gasteiger partial charge >= 0.3 is 6.61 Å². The number of nitrogens with one attached hydrogen (secondary N) is 1. The van der Waals surface area contributed by atoms with Crippen molar-refractivity contribution in [1.82, 2.24) is 15.0 Å². The number of hydrazone groups is 1. The first-order valence-electron chi connectivity index (χ1n) is 8.76. The largest absolute Gasteiger partial charge is 0.434 e. The molecule has 2 aromatic carbocycles. The highest BCUT2D eigenvalue weighted by atomic mass is 19.3. The summed E-state index contributed by atoms with van der Waals surface area (Å²) in [6.07, 6.45) is 0. The van der Waals surface area contributed by atoms with E-state index in [1.807, 2.05) is 19.9 Å². The van der Waals surface area contributed by atoms with Crippen LogP contribution in [0.2, 0.25) is 0 Å². The van der Waals surface area contributed by atoms with Crippen LogP contribution in [0.3, 0.4) is 0 Å². The molecule has 28 heavy (non-hydrogen) atoms. The number of imidazole rings is 1. The van der Waals surface area contributed by atoms with Gasteiger partial charge < -0.3 is 9.30 Å². The predicted molar refractivity (Wildman–Crippen MR) is 103 cm³/mol. The van der Waals surface area contributed by atoms with E-state index >= 15 is 0 Å². The maximum Gasteiger partial charge on any atom is 0.387 e. The quantitative estimate of drug-likeness (QED) is 0.512. The van der Waals surface area contributed by atoms with Gasteiger partial charge in [-0.25, -0.2) is 10.4 Å². The van der Waals surface area contributed by atoms with Gasteiger partial charge in [0.15, 0.2) is 0 Å².